The van der Waals surface area contributed by atoms with Crippen molar-refractivity contribution >= 4 is 65.3 Å². The molecule has 1 aliphatic rings. The predicted molar refractivity (Wildman–Crippen MR) is 149 cm³/mol. The van der Waals surface area contributed by atoms with Crippen molar-refractivity contribution in [3.8, 4) is 0 Å². The maximum absolute atomic E-state index is 13.8. The molecule has 2 aromatic heterocycles. The van der Waals surface area contributed by atoms with Crippen LogP contribution in [0.4, 0.5) is 10.6 Å². The van der Waals surface area contributed by atoms with E-state index in [-0.39, 0.29) is 38.1 Å². The number of aromatic nitrogens is 3. The number of anilines is 1. The Morgan fingerprint density at radius 1 is 1.15 bits per heavy atom. The summed E-state index contributed by atoms with van der Waals surface area (Å²) in [6.45, 7) is 6.03. The second kappa shape index (κ2) is 12.3. The minimum absolute atomic E-state index is 0. The molecule has 39 heavy (non-hydrogen) atoms. The number of fused-ring (bicyclic) bond motifs is 1. The average Bonchev–Trinajstić information content (AvgIpc) is 3.32. The number of halogens is 1. The summed E-state index contributed by atoms with van der Waals surface area (Å²) >= 11 is 5.99. The molecule has 3 aromatic rings. The molecule has 0 saturated carbocycles. The Morgan fingerprint density at radius 3 is 2.44 bits per heavy atom. The third-order valence-corrected chi connectivity index (χ3v) is 6.63. The first-order valence-corrected chi connectivity index (χ1v) is 12.7. The number of ether oxygens (including phenoxy) is 1. The molecule has 0 radical (unpaired) electrons. The summed E-state index contributed by atoms with van der Waals surface area (Å²) in [5.41, 5.74) is -0.799. The predicted octanol–water partition coefficient (Wildman–Crippen LogP) is 3.16. The first kappa shape index (κ1) is 30.3. The molecule has 204 valence electrons. The molecule has 13 heteroatoms. The Kier molecular flexibility index (Phi) is 9.54. The number of carbonyl (C=O) groups is 3. The molecule has 4 N–H and O–H groups in total. The summed E-state index contributed by atoms with van der Waals surface area (Å²) in [6.07, 6.45) is 2.69. The van der Waals surface area contributed by atoms with Gasteiger partial charge in [0.15, 0.2) is 0 Å². The Balaban J connectivity index is 0.00000420. The van der Waals surface area contributed by atoms with E-state index < -0.39 is 35.2 Å². The van der Waals surface area contributed by atoms with Gasteiger partial charge in [-0.15, -0.1) is 0 Å². The van der Waals surface area contributed by atoms with Gasteiger partial charge in [0.25, 0.3) is 0 Å². The van der Waals surface area contributed by atoms with Crippen LogP contribution < -0.4 is 15.5 Å². The number of carbonyl (C=O) groups excluding carboxylic acids is 2. The Hall–Kier alpha value is -3.26. The van der Waals surface area contributed by atoms with Crippen LogP contribution >= 0.6 is 11.6 Å². The Labute approximate surface area is 243 Å². The normalized spacial score (nSPS) is 15.6. The number of nitrogens with zero attached hydrogens (tertiary/aromatic N) is 3. The molecule has 1 saturated heterocycles. The second-order valence-corrected chi connectivity index (χ2v) is 10.7. The summed E-state index contributed by atoms with van der Waals surface area (Å²) in [5.74, 6) is -0.834. The van der Waals surface area contributed by atoms with Gasteiger partial charge in [-0.05, 0) is 57.4 Å². The van der Waals surface area contributed by atoms with Gasteiger partial charge in [0.05, 0.1) is 17.8 Å². The number of carboxylic acid groups (broad SMARTS) is 1. The first-order chi connectivity index (χ1) is 18.0. The van der Waals surface area contributed by atoms with Crippen LogP contribution in [0.1, 0.15) is 51.6 Å². The molecule has 0 bridgehead atoms. The van der Waals surface area contributed by atoms with E-state index in [1.165, 1.54) is 6.33 Å². The van der Waals surface area contributed by atoms with Gasteiger partial charge in [0.2, 0.25) is 5.91 Å². The molecule has 0 spiro atoms. The molecule has 11 nitrogen and oxygen atoms in total. The van der Waals surface area contributed by atoms with Crippen LogP contribution in [0.15, 0.2) is 42.9 Å². The first-order valence-electron chi connectivity index (χ1n) is 12.3. The van der Waals surface area contributed by atoms with Gasteiger partial charge in [-0.3, -0.25) is 9.59 Å². The van der Waals surface area contributed by atoms with Crippen molar-refractivity contribution < 1.29 is 24.2 Å². The van der Waals surface area contributed by atoms with Crippen molar-refractivity contribution in [3.63, 3.8) is 0 Å². The summed E-state index contributed by atoms with van der Waals surface area (Å²) in [7, 11) is 0. The van der Waals surface area contributed by atoms with Gasteiger partial charge >= 0.3 is 30.9 Å². The summed E-state index contributed by atoms with van der Waals surface area (Å²) in [6, 6.07) is 7.67. The van der Waals surface area contributed by atoms with Crippen molar-refractivity contribution in [2.45, 2.75) is 57.2 Å². The molecule has 1 atom stereocenters. The molecular formula is C26H32ClLiN6O5. The number of aromatic amines is 1. The monoisotopic (exact) mass is 550 g/mol. The van der Waals surface area contributed by atoms with E-state index in [4.69, 9.17) is 16.3 Å². The molecule has 1 unspecified atom stereocenters. The van der Waals surface area contributed by atoms with Crippen LogP contribution in [0.25, 0.3) is 11.0 Å². The average molecular weight is 551 g/mol. The molecule has 1 aliphatic heterocycles. The van der Waals surface area contributed by atoms with Crippen molar-refractivity contribution in [1.29, 1.82) is 0 Å². The number of carboxylic acids is 1. The number of benzene rings is 1. The van der Waals surface area contributed by atoms with Crippen LogP contribution in [0.3, 0.4) is 0 Å². The fourth-order valence-electron chi connectivity index (χ4n) is 4.54. The van der Waals surface area contributed by atoms with Gasteiger partial charge in [0, 0.05) is 24.3 Å². The molecule has 1 fully saturated rings. The number of hydrogen-bond donors (Lipinski definition) is 4. The summed E-state index contributed by atoms with van der Waals surface area (Å²) in [4.78, 5) is 52.0. The fraction of sp³-hybridized carbons (Fsp3) is 0.423. The third-order valence-electron chi connectivity index (χ3n) is 6.38. The van der Waals surface area contributed by atoms with Crippen molar-refractivity contribution in [1.82, 2.24) is 25.6 Å². The molecule has 4 rings (SSSR count). The van der Waals surface area contributed by atoms with Crippen molar-refractivity contribution in [3.05, 3.63) is 53.4 Å². The number of aliphatic carboxylic acids is 1. The quantitative estimate of drug-likeness (QED) is 0.328. The summed E-state index contributed by atoms with van der Waals surface area (Å²) in [5, 5.41) is 16.5. The van der Waals surface area contributed by atoms with Crippen LogP contribution in [-0.2, 0) is 14.3 Å². The standard InChI is InChI=1S/C26H31ClN6O5.Li.H/c1-25(2,3)38-24(37)32-26(23(36)31-19(14-20(34)35)16-4-6-17(27)7-5-16)9-12-33(13-10-26)22-18-8-11-28-21(18)29-15-30-22;;/h4-8,11,15,19H,9-10,12-14H2,1-3H3,(H,31,36)(H,32,37)(H,34,35)(H,28,29,30);;. The van der Waals surface area contributed by atoms with Crippen LogP contribution in [0, 0.1) is 0 Å². The number of nitrogens with one attached hydrogen (secondary N) is 3. The molecule has 0 aliphatic carbocycles. The van der Waals surface area contributed by atoms with E-state index in [9.17, 15) is 19.5 Å². The van der Waals surface area contributed by atoms with Gasteiger partial charge in [-0.25, -0.2) is 14.8 Å². The molecule has 1 aromatic carbocycles. The number of H-pyrrole nitrogens is 1. The molecule has 3 heterocycles. The van der Waals surface area contributed by atoms with Crippen LogP contribution in [0.2, 0.25) is 5.02 Å². The van der Waals surface area contributed by atoms with Gasteiger partial charge in [-0.2, -0.15) is 0 Å². The molecular weight excluding hydrogens is 519 g/mol. The van der Waals surface area contributed by atoms with E-state index in [0.29, 0.717) is 29.3 Å². The fourth-order valence-corrected chi connectivity index (χ4v) is 4.66. The summed E-state index contributed by atoms with van der Waals surface area (Å²) < 4.78 is 5.46. The SMILES string of the molecule is CC(C)(C)OC(=O)NC1(C(=O)NC(CC(=O)O)c2ccc(Cl)cc2)CCN(c2ncnc3[nH]ccc23)CC1.[LiH]. The van der Waals surface area contributed by atoms with Crippen molar-refractivity contribution in [2.75, 3.05) is 18.0 Å². The van der Waals surface area contributed by atoms with Crippen molar-refractivity contribution in [2.24, 2.45) is 0 Å². The third kappa shape index (κ3) is 7.44. The molecule has 2 amide bonds. The zero-order valence-corrected chi connectivity index (χ0v) is 22.2. The second-order valence-electron chi connectivity index (χ2n) is 10.3. The number of alkyl carbamates (subject to hydrolysis) is 1. The Morgan fingerprint density at radius 2 is 1.82 bits per heavy atom. The number of rotatable bonds is 7. The Bertz CT molecular complexity index is 1320. The van der Waals surface area contributed by atoms with E-state index in [0.717, 1.165) is 11.2 Å². The number of piperidine rings is 1. The minimum atomic E-state index is -1.33. The van der Waals surface area contributed by atoms with Gasteiger partial charge < -0.3 is 30.4 Å². The van der Waals surface area contributed by atoms with E-state index in [1.54, 1.807) is 51.2 Å². The van der Waals surface area contributed by atoms with E-state index >= 15 is 0 Å². The van der Waals surface area contributed by atoms with Gasteiger partial charge in [0.1, 0.15) is 28.9 Å². The van der Waals surface area contributed by atoms with Crippen LogP contribution in [-0.4, -0.2) is 81.1 Å². The van der Waals surface area contributed by atoms with E-state index in [2.05, 4.69) is 25.6 Å². The topological polar surface area (TPSA) is 150 Å². The number of amides is 2. The number of hydrogen-bond acceptors (Lipinski definition) is 7. The van der Waals surface area contributed by atoms with E-state index in [1.807, 2.05) is 11.0 Å². The van der Waals surface area contributed by atoms with Gasteiger partial charge in [-0.1, -0.05) is 23.7 Å². The maximum atomic E-state index is 13.8. The zero-order valence-electron chi connectivity index (χ0n) is 21.5. The zero-order chi connectivity index (χ0) is 27.5. The van der Waals surface area contributed by atoms with Crippen LogP contribution in [0.5, 0.6) is 0 Å².